The zero-order valence-electron chi connectivity index (χ0n) is 12.3. The Bertz CT molecular complexity index is 475. The van der Waals surface area contributed by atoms with E-state index in [9.17, 15) is 19.2 Å². The molecular weight excluding hydrogens is 288 g/mol. The predicted octanol–water partition coefficient (Wildman–Crippen LogP) is -2.09. The zero-order valence-corrected chi connectivity index (χ0v) is 12.3. The van der Waals surface area contributed by atoms with Crippen LogP contribution in [0.5, 0.6) is 0 Å². The van der Waals surface area contributed by atoms with Crippen molar-refractivity contribution < 1.29 is 19.2 Å². The van der Waals surface area contributed by atoms with Crippen molar-refractivity contribution in [1.29, 1.82) is 0 Å². The van der Waals surface area contributed by atoms with Gasteiger partial charge in [-0.2, -0.15) is 0 Å². The first kappa shape index (κ1) is 15.0. The molecule has 22 heavy (non-hydrogen) atoms. The van der Waals surface area contributed by atoms with Gasteiger partial charge in [0.1, 0.15) is 12.1 Å². The number of ketones is 1. The molecule has 3 amide bonds. The van der Waals surface area contributed by atoms with Crippen LogP contribution >= 0.6 is 0 Å². The second-order valence-corrected chi connectivity index (χ2v) is 5.97. The van der Waals surface area contributed by atoms with Gasteiger partial charge in [-0.15, -0.1) is 0 Å². The van der Waals surface area contributed by atoms with E-state index in [0.717, 1.165) is 0 Å². The molecule has 0 spiro atoms. The summed E-state index contributed by atoms with van der Waals surface area (Å²) in [6, 6.07) is -1.62. The fourth-order valence-electron chi connectivity index (χ4n) is 3.28. The van der Waals surface area contributed by atoms with Gasteiger partial charge in [0.05, 0.1) is 6.04 Å². The van der Waals surface area contributed by atoms with Crippen molar-refractivity contribution >= 4 is 23.5 Å². The minimum Gasteiger partial charge on any atom is -0.346 e. The number of amides is 3. The highest BCUT2D eigenvalue weighted by Crippen LogP contribution is 2.17. The Hall–Kier alpha value is -1.96. The largest absolute Gasteiger partial charge is 0.346 e. The molecule has 0 aromatic carbocycles. The number of carbonyl (C=O) groups excluding carboxylic acids is 4. The number of nitrogens with zero attached hydrogens (tertiary/aromatic N) is 1. The molecular formula is C14H20N4O4. The van der Waals surface area contributed by atoms with E-state index >= 15 is 0 Å². The van der Waals surface area contributed by atoms with Crippen molar-refractivity contribution in [3.05, 3.63) is 0 Å². The SMILES string of the molecule is O=C1CC[C@@H](C(=O)C2CNCCN2C(=O)[C@@H]2CCC(=O)N2)N1. The van der Waals surface area contributed by atoms with Crippen molar-refractivity contribution in [3.8, 4) is 0 Å². The molecule has 3 aliphatic rings. The molecule has 0 aliphatic carbocycles. The van der Waals surface area contributed by atoms with E-state index in [-0.39, 0.29) is 23.5 Å². The molecule has 120 valence electrons. The summed E-state index contributed by atoms with van der Waals surface area (Å²) < 4.78 is 0. The molecule has 0 aromatic heterocycles. The van der Waals surface area contributed by atoms with Crippen LogP contribution < -0.4 is 16.0 Å². The molecule has 8 nitrogen and oxygen atoms in total. The van der Waals surface area contributed by atoms with Crippen LogP contribution in [-0.2, 0) is 19.2 Å². The minimum absolute atomic E-state index is 0.122. The van der Waals surface area contributed by atoms with Gasteiger partial charge in [-0.25, -0.2) is 0 Å². The van der Waals surface area contributed by atoms with Crippen molar-refractivity contribution in [3.63, 3.8) is 0 Å². The van der Waals surface area contributed by atoms with Crippen LogP contribution in [0.1, 0.15) is 25.7 Å². The van der Waals surface area contributed by atoms with Crippen LogP contribution in [0.25, 0.3) is 0 Å². The molecule has 3 rings (SSSR count). The fourth-order valence-corrected chi connectivity index (χ4v) is 3.28. The monoisotopic (exact) mass is 308 g/mol. The first-order valence-corrected chi connectivity index (χ1v) is 7.70. The fraction of sp³-hybridized carbons (Fsp3) is 0.714. The number of nitrogens with one attached hydrogen (secondary N) is 3. The molecule has 3 heterocycles. The zero-order chi connectivity index (χ0) is 15.7. The summed E-state index contributed by atoms with van der Waals surface area (Å²) in [6.45, 7) is 1.44. The molecule has 1 unspecified atom stereocenters. The lowest BCUT2D eigenvalue weighted by molar-refractivity contribution is -0.143. The third-order valence-electron chi connectivity index (χ3n) is 4.49. The summed E-state index contributed by atoms with van der Waals surface area (Å²) in [5.74, 6) is -0.576. The Kier molecular flexibility index (Phi) is 4.10. The maximum absolute atomic E-state index is 12.6. The Morgan fingerprint density at radius 3 is 2.23 bits per heavy atom. The van der Waals surface area contributed by atoms with Gasteiger partial charge in [-0.1, -0.05) is 0 Å². The van der Waals surface area contributed by atoms with Crippen molar-refractivity contribution in [1.82, 2.24) is 20.9 Å². The molecule has 3 aliphatic heterocycles. The van der Waals surface area contributed by atoms with Crippen LogP contribution in [0.15, 0.2) is 0 Å². The van der Waals surface area contributed by atoms with E-state index in [0.29, 0.717) is 45.3 Å². The van der Waals surface area contributed by atoms with E-state index in [1.54, 1.807) is 4.90 Å². The predicted molar refractivity (Wildman–Crippen MR) is 75.7 cm³/mol. The standard InChI is InChI=1S/C14H20N4O4/c19-11-3-1-8(16-11)13(21)10-7-15-5-6-18(10)14(22)9-2-4-12(20)17-9/h8-10,15H,1-7H2,(H,16,19)(H,17,20)/t8-,9-,10?/m0/s1. The van der Waals surface area contributed by atoms with Crippen LogP contribution in [0.3, 0.4) is 0 Å². The van der Waals surface area contributed by atoms with Gasteiger partial charge >= 0.3 is 0 Å². The lowest BCUT2D eigenvalue weighted by Crippen LogP contribution is -2.62. The normalized spacial score (nSPS) is 31.8. The Morgan fingerprint density at radius 2 is 1.64 bits per heavy atom. The van der Waals surface area contributed by atoms with E-state index in [2.05, 4.69) is 16.0 Å². The van der Waals surface area contributed by atoms with Crippen LogP contribution in [-0.4, -0.2) is 66.2 Å². The van der Waals surface area contributed by atoms with Crippen molar-refractivity contribution in [2.45, 2.75) is 43.8 Å². The summed E-state index contributed by atoms with van der Waals surface area (Å²) in [5, 5.41) is 8.44. The summed E-state index contributed by atoms with van der Waals surface area (Å²) in [6.07, 6.45) is 1.65. The molecule has 0 radical (unpaired) electrons. The van der Waals surface area contributed by atoms with E-state index in [1.165, 1.54) is 0 Å². The third-order valence-corrected chi connectivity index (χ3v) is 4.49. The van der Waals surface area contributed by atoms with Crippen LogP contribution in [0.4, 0.5) is 0 Å². The van der Waals surface area contributed by atoms with E-state index in [4.69, 9.17) is 0 Å². The average molecular weight is 308 g/mol. The highest BCUT2D eigenvalue weighted by Gasteiger charge is 2.41. The number of carbonyl (C=O) groups is 4. The van der Waals surface area contributed by atoms with Gasteiger partial charge in [0.25, 0.3) is 0 Å². The van der Waals surface area contributed by atoms with E-state index < -0.39 is 18.1 Å². The number of hydrogen-bond donors (Lipinski definition) is 3. The number of piperazine rings is 1. The Balaban J connectivity index is 1.70. The summed E-state index contributed by atoms with van der Waals surface area (Å²) in [7, 11) is 0. The molecule has 3 fully saturated rings. The smallest absolute Gasteiger partial charge is 0.245 e. The molecule has 0 saturated carbocycles. The highest BCUT2D eigenvalue weighted by atomic mass is 16.2. The molecule has 0 bridgehead atoms. The van der Waals surface area contributed by atoms with E-state index in [1.807, 2.05) is 0 Å². The second-order valence-electron chi connectivity index (χ2n) is 5.97. The number of rotatable bonds is 3. The molecule has 3 saturated heterocycles. The quantitative estimate of drug-likeness (QED) is 0.554. The lowest BCUT2D eigenvalue weighted by Gasteiger charge is -2.37. The molecule has 0 aromatic rings. The topological polar surface area (TPSA) is 108 Å². The van der Waals surface area contributed by atoms with Gasteiger partial charge in [0.15, 0.2) is 5.78 Å². The van der Waals surface area contributed by atoms with Gasteiger partial charge in [0, 0.05) is 32.5 Å². The van der Waals surface area contributed by atoms with Gasteiger partial charge in [-0.05, 0) is 12.8 Å². The average Bonchev–Trinajstić information content (AvgIpc) is 3.14. The maximum Gasteiger partial charge on any atom is 0.245 e. The summed E-state index contributed by atoms with van der Waals surface area (Å²) in [5.41, 5.74) is 0. The van der Waals surface area contributed by atoms with Gasteiger partial charge < -0.3 is 20.9 Å². The first-order chi connectivity index (χ1) is 10.6. The third kappa shape index (κ3) is 2.83. The lowest BCUT2D eigenvalue weighted by atomic mass is 9.99. The Morgan fingerprint density at radius 1 is 1.00 bits per heavy atom. The van der Waals surface area contributed by atoms with Crippen LogP contribution in [0.2, 0.25) is 0 Å². The van der Waals surface area contributed by atoms with Crippen LogP contribution in [0, 0.1) is 0 Å². The highest BCUT2D eigenvalue weighted by molar-refractivity contribution is 5.99. The van der Waals surface area contributed by atoms with Crippen molar-refractivity contribution in [2.24, 2.45) is 0 Å². The Labute approximate surface area is 128 Å². The maximum atomic E-state index is 12.6. The first-order valence-electron chi connectivity index (χ1n) is 7.70. The minimum atomic E-state index is -0.581. The molecule has 3 N–H and O–H groups in total. The molecule has 3 atom stereocenters. The summed E-state index contributed by atoms with van der Waals surface area (Å²) in [4.78, 5) is 49.3. The number of Topliss-reactive ketones (excluding diaryl/α,β-unsaturated/α-hetero) is 1. The summed E-state index contributed by atoms with van der Waals surface area (Å²) >= 11 is 0. The van der Waals surface area contributed by atoms with Gasteiger partial charge in [0.2, 0.25) is 17.7 Å². The van der Waals surface area contributed by atoms with Crippen molar-refractivity contribution in [2.75, 3.05) is 19.6 Å². The van der Waals surface area contributed by atoms with Gasteiger partial charge in [-0.3, -0.25) is 19.2 Å². The number of hydrogen-bond acceptors (Lipinski definition) is 5. The second kappa shape index (κ2) is 6.04. The molecule has 8 heteroatoms.